The van der Waals surface area contributed by atoms with Gasteiger partial charge in [-0.1, -0.05) is 6.07 Å². The Bertz CT molecular complexity index is 520. The van der Waals surface area contributed by atoms with E-state index < -0.39 is 11.7 Å². The monoisotopic (exact) mass is 291 g/mol. The van der Waals surface area contributed by atoms with Crippen LogP contribution in [0.4, 0.5) is 10.1 Å². The lowest BCUT2D eigenvalue weighted by Crippen LogP contribution is -2.41. The molecule has 2 saturated heterocycles. The third-order valence-corrected chi connectivity index (χ3v) is 4.79. The fraction of sp³-hybridized carbons (Fsp3) is 0.562. The Hall–Kier alpha value is -1.62. The van der Waals surface area contributed by atoms with Crippen molar-refractivity contribution in [2.45, 2.75) is 31.7 Å². The summed E-state index contributed by atoms with van der Waals surface area (Å²) in [5, 5.41) is 3.57. The molecule has 2 fully saturated rings. The topological polar surface area (TPSA) is 58.4 Å². The van der Waals surface area contributed by atoms with Crippen LogP contribution in [0.2, 0.25) is 0 Å². The lowest BCUT2D eigenvalue weighted by atomic mass is 9.88. The molecule has 2 aliphatic rings. The van der Waals surface area contributed by atoms with Crippen LogP contribution in [0.15, 0.2) is 18.2 Å². The lowest BCUT2D eigenvalue weighted by molar-refractivity contribution is 0.0997. The van der Waals surface area contributed by atoms with Gasteiger partial charge in [0.25, 0.3) is 5.91 Å². The summed E-state index contributed by atoms with van der Waals surface area (Å²) in [5.41, 5.74) is 6.00. The molecule has 1 aromatic carbocycles. The highest BCUT2D eigenvalue weighted by atomic mass is 19.1. The van der Waals surface area contributed by atoms with E-state index in [-0.39, 0.29) is 5.56 Å². The van der Waals surface area contributed by atoms with Gasteiger partial charge < -0.3 is 16.0 Å². The maximum Gasteiger partial charge on any atom is 0.253 e. The number of anilines is 1. The summed E-state index contributed by atoms with van der Waals surface area (Å²) >= 11 is 0. The van der Waals surface area contributed by atoms with Gasteiger partial charge >= 0.3 is 0 Å². The van der Waals surface area contributed by atoms with Crippen molar-refractivity contribution in [3.8, 4) is 0 Å². The summed E-state index contributed by atoms with van der Waals surface area (Å²) in [6.45, 7) is 2.83. The first-order chi connectivity index (χ1) is 10.2. The third kappa shape index (κ3) is 2.88. The molecule has 1 unspecified atom stereocenters. The number of rotatable bonds is 3. The van der Waals surface area contributed by atoms with Crippen LogP contribution < -0.4 is 16.0 Å². The average Bonchev–Trinajstić information content (AvgIpc) is 3.01. The quantitative estimate of drug-likeness (QED) is 0.894. The predicted molar refractivity (Wildman–Crippen MR) is 80.9 cm³/mol. The van der Waals surface area contributed by atoms with Gasteiger partial charge in [-0.15, -0.1) is 0 Å². The van der Waals surface area contributed by atoms with E-state index in [1.165, 1.54) is 18.9 Å². The number of hydrogen-bond acceptors (Lipinski definition) is 3. The Kier molecular flexibility index (Phi) is 4.10. The average molecular weight is 291 g/mol. The van der Waals surface area contributed by atoms with E-state index in [2.05, 4.69) is 10.2 Å². The van der Waals surface area contributed by atoms with E-state index in [9.17, 15) is 9.18 Å². The number of piperidine rings is 1. The molecule has 0 saturated carbocycles. The number of carbonyl (C=O) groups excluding carboxylic acids is 1. The second kappa shape index (κ2) is 6.02. The number of nitrogens with one attached hydrogen (secondary N) is 1. The first kappa shape index (κ1) is 14.3. The second-order valence-electron chi connectivity index (χ2n) is 6.03. The van der Waals surface area contributed by atoms with Crippen molar-refractivity contribution in [3.05, 3.63) is 29.6 Å². The highest BCUT2D eigenvalue weighted by Crippen LogP contribution is 2.30. The first-order valence-corrected chi connectivity index (χ1v) is 7.73. The van der Waals surface area contributed by atoms with E-state index >= 15 is 0 Å². The van der Waals surface area contributed by atoms with Crippen LogP contribution in [-0.4, -0.2) is 31.6 Å². The summed E-state index contributed by atoms with van der Waals surface area (Å²) in [6, 6.07) is 5.35. The number of halogens is 1. The highest BCUT2D eigenvalue weighted by Gasteiger charge is 2.29. The van der Waals surface area contributed by atoms with E-state index in [0.29, 0.717) is 17.6 Å². The number of hydrogen-bond donors (Lipinski definition) is 2. The maximum atomic E-state index is 13.8. The van der Waals surface area contributed by atoms with Gasteiger partial charge in [0.05, 0.1) is 11.3 Å². The summed E-state index contributed by atoms with van der Waals surface area (Å²) in [5.74, 6) is -0.531. The van der Waals surface area contributed by atoms with Crippen LogP contribution >= 0.6 is 0 Å². The standard InChI is InChI=1S/C16H22FN3O/c17-12-3-1-5-14(15(12)16(18)21)20-9-6-11(7-10-20)13-4-2-8-19-13/h1,3,5,11,13,19H,2,4,6-10H2,(H2,18,21). The molecule has 114 valence electrons. The van der Waals surface area contributed by atoms with Gasteiger partial charge in [0, 0.05) is 19.1 Å². The van der Waals surface area contributed by atoms with Crippen molar-refractivity contribution in [2.24, 2.45) is 11.7 Å². The van der Waals surface area contributed by atoms with Gasteiger partial charge in [-0.25, -0.2) is 4.39 Å². The number of primary amides is 1. The fourth-order valence-electron chi connectivity index (χ4n) is 3.68. The van der Waals surface area contributed by atoms with Crippen LogP contribution in [0.5, 0.6) is 0 Å². The lowest BCUT2D eigenvalue weighted by Gasteiger charge is -2.36. The van der Waals surface area contributed by atoms with Crippen molar-refractivity contribution < 1.29 is 9.18 Å². The minimum Gasteiger partial charge on any atom is -0.371 e. The summed E-state index contributed by atoms with van der Waals surface area (Å²) < 4.78 is 13.8. The summed E-state index contributed by atoms with van der Waals surface area (Å²) in [7, 11) is 0. The largest absolute Gasteiger partial charge is 0.371 e. The van der Waals surface area contributed by atoms with Crippen LogP contribution in [0.3, 0.4) is 0 Å². The molecule has 0 radical (unpaired) electrons. The summed E-state index contributed by atoms with van der Waals surface area (Å²) in [4.78, 5) is 13.6. The van der Waals surface area contributed by atoms with Crippen LogP contribution in [0, 0.1) is 11.7 Å². The molecule has 2 heterocycles. The molecule has 2 aliphatic heterocycles. The van der Waals surface area contributed by atoms with Crippen molar-refractivity contribution in [1.82, 2.24) is 5.32 Å². The number of carbonyl (C=O) groups is 1. The van der Waals surface area contributed by atoms with Gasteiger partial charge in [0.1, 0.15) is 5.82 Å². The molecule has 3 N–H and O–H groups in total. The molecule has 0 aromatic heterocycles. The molecular formula is C16H22FN3O. The second-order valence-corrected chi connectivity index (χ2v) is 6.03. The first-order valence-electron chi connectivity index (χ1n) is 7.73. The molecule has 1 amide bonds. The molecule has 1 atom stereocenters. The van der Waals surface area contributed by atoms with Crippen LogP contribution in [-0.2, 0) is 0 Å². The van der Waals surface area contributed by atoms with Gasteiger partial charge in [0.15, 0.2) is 0 Å². The molecule has 21 heavy (non-hydrogen) atoms. The zero-order valence-electron chi connectivity index (χ0n) is 12.1. The van der Waals surface area contributed by atoms with E-state index in [4.69, 9.17) is 5.73 Å². The normalized spacial score (nSPS) is 23.5. The Morgan fingerprint density at radius 3 is 2.67 bits per heavy atom. The van der Waals surface area contributed by atoms with Crippen molar-refractivity contribution in [1.29, 1.82) is 0 Å². The Labute approximate surface area is 124 Å². The fourth-order valence-corrected chi connectivity index (χ4v) is 3.68. The Morgan fingerprint density at radius 2 is 2.05 bits per heavy atom. The van der Waals surface area contributed by atoms with E-state index in [1.54, 1.807) is 12.1 Å². The smallest absolute Gasteiger partial charge is 0.253 e. The van der Waals surface area contributed by atoms with Crippen molar-refractivity contribution in [2.75, 3.05) is 24.5 Å². The molecule has 0 spiro atoms. The molecular weight excluding hydrogens is 269 g/mol. The maximum absolute atomic E-state index is 13.8. The predicted octanol–water partition coefficient (Wildman–Crippen LogP) is 1.89. The number of nitrogens with two attached hydrogens (primary N) is 1. The summed E-state index contributed by atoms with van der Waals surface area (Å²) in [6.07, 6.45) is 4.68. The molecule has 1 aromatic rings. The SMILES string of the molecule is NC(=O)c1c(F)cccc1N1CCC(C2CCCN2)CC1. The van der Waals surface area contributed by atoms with E-state index in [1.807, 2.05) is 0 Å². The van der Waals surface area contributed by atoms with Crippen molar-refractivity contribution in [3.63, 3.8) is 0 Å². The van der Waals surface area contributed by atoms with Crippen molar-refractivity contribution >= 4 is 11.6 Å². The Morgan fingerprint density at radius 1 is 1.29 bits per heavy atom. The zero-order chi connectivity index (χ0) is 14.8. The van der Waals surface area contributed by atoms with Gasteiger partial charge in [-0.05, 0) is 50.3 Å². The van der Waals surface area contributed by atoms with Crippen LogP contribution in [0.1, 0.15) is 36.0 Å². The number of nitrogens with zero attached hydrogens (tertiary/aromatic N) is 1. The Balaban J connectivity index is 1.72. The third-order valence-electron chi connectivity index (χ3n) is 4.79. The van der Waals surface area contributed by atoms with Gasteiger partial charge in [0.2, 0.25) is 0 Å². The molecule has 3 rings (SSSR count). The molecule has 4 nitrogen and oxygen atoms in total. The van der Waals surface area contributed by atoms with E-state index in [0.717, 1.165) is 32.5 Å². The van der Waals surface area contributed by atoms with Crippen LogP contribution in [0.25, 0.3) is 0 Å². The van der Waals surface area contributed by atoms with Gasteiger partial charge in [-0.3, -0.25) is 4.79 Å². The molecule has 5 heteroatoms. The number of amides is 1. The zero-order valence-corrected chi connectivity index (χ0v) is 12.1. The minimum atomic E-state index is -0.692. The molecule has 0 bridgehead atoms. The minimum absolute atomic E-state index is 0.0231. The van der Waals surface area contributed by atoms with Gasteiger partial charge in [-0.2, -0.15) is 0 Å². The highest BCUT2D eigenvalue weighted by molar-refractivity contribution is 5.99. The molecule has 0 aliphatic carbocycles. The number of benzene rings is 1.